The lowest BCUT2D eigenvalue weighted by atomic mass is 10.2. The first-order valence-electron chi connectivity index (χ1n) is 10.5. The summed E-state index contributed by atoms with van der Waals surface area (Å²) in [7, 11) is 0. The number of amides is 2. The molecule has 0 spiro atoms. The van der Waals surface area contributed by atoms with Crippen LogP contribution in [0.25, 0.3) is 0 Å². The van der Waals surface area contributed by atoms with E-state index < -0.39 is 5.82 Å². The summed E-state index contributed by atoms with van der Waals surface area (Å²) >= 11 is 0. The van der Waals surface area contributed by atoms with Crippen LogP contribution in [0.3, 0.4) is 0 Å². The minimum atomic E-state index is -0.413. The lowest BCUT2D eigenvalue weighted by Crippen LogP contribution is -2.32. The molecule has 0 saturated carbocycles. The standard InChI is InChI=1S/C22H30FN3O5/c1-3-29-13-5-11-24-21(27)19-16-31-20(25-19)15-26(12-6-14-30-4-2)22(28)17-7-9-18(23)10-8-17/h7-10,16H,3-6,11-15H2,1-2H3,(H,24,27). The zero-order chi connectivity index (χ0) is 22.5. The van der Waals surface area contributed by atoms with Crippen molar-refractivity contribution in [1.82, 2.24) is 15.2 Å². The van der Waals surface area contributed by atoms with Crippen molar-refractivity contribution in [3.05, 3.63) is 53.5 Å². The predicted molar refractivity (Wildman–Crippen MR) is 112 cm³/mol. The van der Waals surface area contributed by atoms with Gasteiger partial charge in [0.1, 0.15) is 12.1 Å². The van der Waals surface area contributed by atoms with E-state index in [2.05, 4.69) is 10.3 Å². The summed E-state index contributed by atoms with van der Waals surface area (Å²) in [6, 6.07) is 5.35. The van der Waals surface area contributed by atoms with E-state index in [0.717, 1.165) is 0 Å². The molecular weight excluding hydrogens is 405 g/mol. The largest absolute Gasteiger partial charge is 0.446 e. The monoisotopic (exact) mass is 435 g/mol. The molecule has 0 radical (unpaired) electrons. The molecule has 0 aliphatic rings. The van der Waals surface area contributed by atoms with E-state index in [1.54, 1.807) is 4.90 Å². The molecule has 8 nitrogen and oxygen atoms in total. The fourth-order valence-corrected chi connectivity index (χ4v) is 2.79. The second-order valence-corrected chi connectivity index (χ2v) is 6.72. The Balaban J connectivity index is 1.98. The topological polar surface area (TPSA) is 93.9 Å². The van der Waals surface area contributed by atoms with Gasteiger partial charge >= 0.3 is 0 Å². The third kappa shape index (κ3) is 8.47. The van der Waals surface area contributed by atoms with Gasteiger partial charge in [-0.15, -0.1) is 0 Å². The highest BCUT2D eigenvalue weighted by molar-refractivity contribution is 5.94. The second-order valence-electron chi connectivity index (χ2n) is 6.72. The maximum atomic E-state index is 13.2. The van der Waals surface area contributed by atoms with Crippen LogP contribution in [0.15, 0.2) is 34.9 Å². The van der Waals surface area contributed by atoms with Crippen LogP contribution in [-0.2, 0) is 16.0 Å². The highest BCUT2D eigenvalue weighted by Gasteiger charge is 2.20. The highest BCUT2D eigenvalue weighted by Crippen LogP contribution is 2.12. The Morgan fingerprint density at radius 2 is 1.77 bits per heavy atom. The van der Waals surface area contributed by atoms with Gasteiger partial charge in [0.15, 0.2) is 5.69 Å². The number of carbonyl (C=O) groups is 2. The number of hydrogen-bond donors (Lipinski definition) is 1. The number of ether oxygens (including phenoxy) is 2. The number of hydrogen-bond acceptors (Lipinski definition) is 6. The predicted octanol–water partition coefficient (Wildman–Crippen LogP) is 3.04. The number of aromatic nitrogens is 1. The fraction of sp³-hybridized carbons (Fsp3) is 0.500. The lowest BCUT2D eigenvalue weighted by Gasteiger charge is -2.21. The molecule has 2 aromatic rings. The third-order valence-electron chi connectivity index (χ3n) is 4.36. The number of rotatable bonds is 14. The number of nitrogens with one attached hydrogen (secondary N) is 1. The van der Waals surface area contributed by atoms with Crippen molar-refractivity contribution in [2.24, 2.45) is 0 Å². The van der Waals surface area contributed by atoms with Crippen molar-refractivity contribution < 1.29 is 27.9 Å². The quantitative estimate of drug-likeness (QED) is 0.459. The molecule has 1 heterocycles. The van der Waals surface area contributed by atoms with Crippen molar-refractivity contribution in [3.63, 3.8) is 0 Å². The summed E-state index contributed by atoms with van der Waals surface area (Å²) in [6.45, 7) is 7.07. The Kier molecular flexibility index (Phi) is 10.7. The maximum Gasteiger partial charge on any atom is 0.273 e. The van der Waals surface area contributed by atoms with Gasteiger partial charge in [0.25, 0.3) is 11.8 Å². The van der Waals surface area contributed by atoms with Crippen LogP contribution in [0.5, 0.6) is 0 Å². The van der Waals surface area contributed by atoms with E-state index in [0.29, 0.717) is 57.9 Å². The van der Waals surface area contributed by atoms with E-state index in [1.165, 1.54) is 30.5 Å². The summed E-state index contributed by atoms with van der Waals surface area (Å²) in [4.78, 5) is 30.8. The van der Waals surface area contributed by atoms with E-state index in [-0.39, 0.29) is 29.9 Å². The first-order valence-corrected chi connectivity index (χ1v) is 10.5. The molecule has 1 aromatic carbocycles. The van der Waals surface area contributed by atoms with Gasteiger partial charge < -0.3 is 24.1 Å². The molecule has 0 aliphatic carbocycles. The number of oxazole rings is 1. The van der Waals surface area contributed by atoms with Gasteiger partial charge in [-0.2, -0.15) is 0 Å². The van der Waals surface area contributed by atoms with Gasteiger partial charge in [-0.05, 0) is 51.0 Å². The molecule has 9 heteroatoms. The maximum absolute atomic E-state index is 13.2. The van der Waals surface area contributed by atoms with Crippen molar-refractivity contribution in [2.75, 3.05) is 39.5 Å². The number of benzene rings is 1. The normalized spacial score (nSPS) is 10.8. The van der Waals surface area contributed by atoms with Crippen molar-refractivity contribution >= 4 is 11.8 Å². The smallest absolute Gasteiger partial charge is 0.273 e. The Hall–Kier alpha value is -2.78. The zero-order valence-corrected chi connectivity index (χ0v) is 18.1. The summed E-state index contributed by atoms with van der Waals surface area (Å²) < 4.78 is 29.2. The third-order valence-corrected chi connectivity index (χ3v) is 4.36. The number of nitrogens with zero attached hydrogens (tertiary/aromatic N) is 2. The van der Waals surface area contributed by atoms with Crippen LogP contribution in [0, 0.1) is 5.82 Å². The molecule has 0 atom stereocenters. The minimum Gasteiger partial charge on any atom is -0.446 e. The second kappa shape index (κ2) is 13.5. The summed E-state index contributed by atoms with van der Waals surface area (Å²) in [5.74, 6) is -0.800. The van der Waals surface area contributed by atoms with Gasteiger partial charge in [-0.25, -0.2) is 9.37 Å². The van der Waals surface area contributed by atoms with Crippen LogP contribution in [0.4, 0.5) is 4.39 Å². The Bertz CT molecular complexity index is 810. The molecule has 1 N–H and O–H groups in total. The molecule has 0 aliphatic heterocycles. The molecule has 0 fully saturated rings. The lowest BCUT2D eigenvalue weighted by molar-refractivity contribution is 0.0695. The van der Waals surface area contributed by atoms with Gasteiger partial charge in [-0.3, -0.25) is 9.59 Å². The fourth-order valence-electron chi connectivity index (χ4n) is 2.79. The molecule has 2 amide bonds. The first-order chi connectivity index (χ1) is 15.0. The summed E-state index contributed by atoms with van der Waals surface area (Å²) in [6.07, 6.45) is 2.59. The molecule has 31 heavy (non-hydrogen) atoms. The minimum absolute atomic E-state index is 0.0833. The molecule has 1 aromatic heterocycles. The van der Waals surface area contributed by atoms with Gasteiger partial charge in [-0.1, -0.05) is 0 Å². The van der Waals surface area contributed by atoms with Crippen LogP contribution >= 0.6 is 0 Å². The van der Waals surface area contributed by atoms with E-state index in [4.69, 9.17) is 13.9 Å². The summed E-state index contributed by atoms with van der Waals surface area (Å²) in [5, 5.41) is 2.75. The van der Waals surface area contributed by atoms with Crippen LogP contribution in [0.1, 0.15) is 53.4 Å². The number of halogens is 1. The van der Waals surface area contributed by atoms with E-state index in [1.807, 2.05) is 13.8 Å². The molecule has 0 unspecified atom stereocenters. The Morgan fingerprint density at radius 1 is 1.10 bits per heavy atom. The SMILES string of the molecule is CCOCCCNC(=O)c1coc(CN(CCCOCC)C(=O)c2ccc(F)cc2)n1. The molecule has 0 bridgehead atoms. The van der Waals surface area contributed by atoms with Crippen molar-refractivity contribution in [3.8, 4) is 0 Å². The Morgan fingerprint density at radius 3 is 2.45 bits per heavy atom. The van der Waals surface area contributed by atoms with E-state index >= 15 is 0 Å². The average molecular weight is 435 g/mol. The molecule has 0 saturated heterocycles. The summed E-state index contributed by atoms with van der Waals surface area (Å²) in [5.41, 5.74) is 0.506. The van der Waals surface area contributed by atoms with Crippen LogP contribution in [-0.4, -0.2) is 61.2 Å². The average Bonchev–Trinajstić information content (AvgIpc) is 3.24. The van der Waals surface area contributed by atoms with Gasteiger partial charge in [0.2, 0.25) is 5.89 Å². The van der Waals surface area contributed by atoms with Crippen LogP contribution < -0.4 is 5.32 Å². The van der Waals surface area contributed by atoms with Crippen LogP contribution in [0.2, 0.25) is 0 Å². The number of carbonyl (C=O) groups excluding carboxylic acids is 2. The van der Waals surface area contributed by atoms with Gasteiger partial charge in [0.05, 0.1) is 6.54 Å². The first kappa shape index (κ1) is 24.5. The van der Waals surface area contributed by atoms with E-state index in [9.17, 15) is 14.0 Å². The van der Waals surface area contributed by atoms with Crippen molar-refractivity contribution in [1.29, 1.82) is 0 Å². The van der Waals surface area contributed by atoms with Gasteiger partial charge in [0, 0.05) is 45.1 Å². The Labute approximate surface area is 181 Å². The highest BCUT2D eigenvalue weighted by atomic mass is 19.1. The molecular formula is C22H30FN3O5. The van der Waals surface area contributed by atoms with Crippen molar-refractivity contribution in [2.45, 2.75) is 33.2 Å². The molecule has 2 rings (SSSR count). The molecule has 170 valence electrons. The zero-order valence-electron chi connectivity index (χ0n) is 18.1.